The van der Waals surface area contributed by atoms with Crippen molar-refractivity contribution in [3.05, 3.63) is 76.3 Å². The van der Waals surface area contributed by atoms with Gasteiger partial charge in [0.2, 0.25) is 6.54 Å². The van der Waals surface area contributed by atoms with E-state index in [2.05, 4.69) is 21.2 Å². The molecule has 1 amide bonds. The molecule has 0 radical (unpaired) electrons. The molecule has 0 bridgehead atoms. The predicted octanol–water partition coefficient (Wildman–Crippen LogP) is 5.75. The molecule has 252 valence electrons. The van der Waals surface area contributed by atoms with Crippen LogP contribution in [0.2, 0.25) is 5.02 Å². The van der Waals surface area contributed by atoms with Crippen molar-refractivity contribution in [2.45, 2.75) is 56.4 Å². The summed E-state index contributed by atoms with van der Waals surface area (Å²) in [4.78, 5) is 33.6. The quantitative estimate of drug-likeness (QED) is 0.233. The second-order valence-electron chi connectivity index (χ2n) is 13.6. The van der Waals surface area contributed by atoms with Crippen LogP contribution in [0.4, 0.5) is 24.7 Å². The van der Waals surface area contributed by atoms with Crippen molar-refractivity contribution in [1.82, 2.24) is 19.8 Å². The number of rotatable bonds is 7. The second kappa shape index (κ2) is 12.4. The largest absolute Gasteiger partial charge is 0.461 e. The Labute approximate surface area is 282 Å². The minimum Gasteiger partial charge on any atom is -0.461 e. The second-order valence-corrected chi connectivity index (χ2v) is 14.0. The molecule has 0 aliphatic carbocycles. The fraction of sp³-hybridized carbons (Fsp3) is 0.486. The fourth-order valence-electron chi connectivity index (χ4n) is 8.20. The molecule has 0 spiro atoms. The van der Waals surface area contributed by atoms with Crippen LogP contribution in [0.15, 0.2) is 42.7 Å². The van der Waals surface area contributed by atoms with E-state index >= 15 is 4.39 Å². The Bertz CT molecular complexity index is 1830. The average Bonchev–Trinajstić information content (AvgIpc) is 3.56. The van der Waals surface area contributed by atoms with Crippen LogP contribution in [0, 0.1) is 12.4 Å². The normalized spacial score (nSPS) is 25.6. The van der Waals surface area contributed by atoms with Gasteiger partial charge in [-0.25, -0.2) is 19.7 Å². The van der Waals surface area contributed by atoms with E-state index in [0.29, 0.717) is 50.2 Å². The summed E-state index contributed by atoms with van der Waals surface area (Å²) >= 11 is 6.50. The van der Waals surface area contributed by atoms with Crippen molar-refractivity contribution in [3.8, 4) is 6.01 Å². The number of carbonyl (C=O) groups excluding carboxylic acids is 1. The van der Waals surface area contributed by atoms with Crippen molar-refractivity contribution < 1.29 is 22.7 Å². The van der Waals surface area contributed by atoms with Crippen LogP contribution in [-0.4, -0.2) is 95.3 Å². The topological polar surface area (TPSA) is 69.4 Å². The zero-order valence-electron chi connectivity index (χ0n) is 26.8. The number of piperazine rings is 1. The highest BCUT2D eigenvalue weighted by atomic mass is 35.5. The first-order valence-corrected chi connectivity index (χ1v) is 16.7. The first-order valence-electron chi connectivity index (χ1n) is 16.3. The molecule has 13 heteroatoms. The van der Waals surface area contributed by atoms with Crippen molar-refractivity contribution in [3.63, 3.8) is 0 Å². The zero-order valence-corrected chi connectivity index (χ0v) is 27.6. The molecule has 2 aromatic carbocycles. The van der Waals surface area contributed by atoms with E-state index in [-0.39, 0.29) is 37.3 Å². The highest BCUT2D eigenvalue weighted by Crippen LogP contribution is 2.45. The van der Waals surface area contributed by atoms with E-state index in [1.807, 2.05) is 23.1 Å². The van der Waals surface area contributed by atoms with Crippen molar-refractivity contribution in [2.75, 3.05) is 62.2 Å². The summed E-state index contributed by atoms with van der Waals surface area (Å²) in [6.07, 6.45) is 2.72. The lowest BCUT2D eigenvalue weighted by molar-refractivity contribution is -0.131. The lowest BCUT2D eigenvalue weighted by Crippen LogP contribution is -2.57. The van der Waals surface area contributed by atoms with Gasteiger partial charge in [-0.15, -0.1) is 0 Å². The van der Waals surface area contributed by atoms with E-state index in [9.17, 15) is 13.6 Å². The third kappa shape index (κ3) is 5.81. The zero-order chi connectivity index (χ0) is 33.8. The van der Waals surface area contributed by atoms with Crippen molar-refractivity contribution in [2.24, 2.45) is 0 Å². The van der Waals surface area contributed by atoms with Gasteiger partial charge in [0, 0.05) is 55.8 Å². The summed E-state index contributed by atoms with van der Waals surface area (Å²) < 4.78 is 50.1. The lowest BCUT2D eigenvalue weighted by Gasteiger charge is -2.41. The number of halogens is 4. The molecule has 3 saturated heterocycles. The third-order valence-electron chi connectivity index (χ3n) is 10.3. The number of fused-ring (bicyclic) bond motifs is 3. The van der Waals surface area contributed by atoms with Gasteiger partial charge in [-0.05, 0) is 50.2 Å². The number of benzene rings is 2. The van der Waals surface area contributed by atoms with Crippen LogP contribution in [-0.2, 0) is 17.8 Å². The number of anilines is 2. The molecule has 2 unspecified atom stereocenters. The van der Waals surface area contributed by atoms with Gasteiger partial charge in [0.25, 0.3) is 5.91 Å². The highest BCUT2D eigenvalue weighted by Gasteiger charge is 2.54. The van der Waals surface area contributed by atoms with Crippen molar-refractivity contribution >= 4 is 39.8 Å². The summed E-state index contributed by atoms with van der Waals surface area (Å²) in [6.45, 7) is 15.5. The minimum atomic E-state index is -1.30. The van der Waals surface area contributed by atoms with Gasteiger partial charge in [0.1, 0.15) is 30.0 Å². The molecule has 5 heterocycles. The van der Waals surface area contributed by atoms with E-state index in [4.69, 9.17) is 32.9 Å². The van der Waals surface area contributed by atoms with Gasteiger partial charge in [-0.2, -0.15) is 9.97 Å². The maximum absolute atomic E-state index is 15.2. The Kier molecular flexibility index (Phi) is 8.40. The van der Waals surface area contributed by atoms with Gasteiger partial charge in [0.05, 0.1) is 22.8 Å². The summed E-state index contributed by atoms with van der Waals surface area (Å²) in [5.41, 5.74) is 0.691. The third-order valence-corrected chi connectivity index (χ3v) is 10.7. The SMILES string of the molecule is [C-]#[N+]C[C@H]1CN(c2nc(OCC34CCCN3CC(C)(F)C4)nc3c2CCN(c2cccc4ccc(F)c(Cl)c24)C3)CCN1C(=O)C(=C)F. The number of amides is 1. The molecule has 1 aromatic heterocycles. The standard InChI is InChI=1S/C35H37ClF3N7O2/c1-22(37)32(47)46-15-14-44(17-24(46)16-40-3)31-25-10-13-43(28-7-4-6-23-8-9-26(38)30(36)29(23)28)18-27(25)41-33(42-31)48-21-35-11-5-12-45(35)20-34(2,39)19-35/h4,6-9,24H,1,5,10-21H2,2H3/t24-,34?,35?/m0/s1. The molecule has 7 rings (SSSR count). The minimum absolute atomic E-state index is 0.00131. The molecule has 4 aliphatic rings. The molecule has 0 N–H and O–H groups in total. The van der Waals surface area contributed by atoms with Crippen molar-refractivity contribution in [1.29, 1.82) is 0 Å². The number of aromatic nitrogens is 2. The van der Waals surface area contributed by atoms with Crippen LogP contribution < -0.4 is 14.5 Å². The molecule has 3 fully saturated rings. The van der Waals surface area contributed by atoms with Crippen LogP contribution in [0.3, 0.4) is 0 Å². The Morgan fingerprint density at radius 2 is 2.02 bits per heavy atom. The summed E-state index contributed by atoms with van der Waals surface area (Å²) in [5, 5.41) is 1.51. The van der Waals surface area contributed by atoms with E-state index in [1.165, 1.54) is 11.0 Å². The van der Waals surface area contributed by atoms with Crippen LogP contribution in [0.25, 0.3) is 15.6 Å². The molecule has 4 aliphatic heterocycles. The summed E-state index contributed by atoms with van der Waals surface area (Å²) in [5.74, 6) is -1.72. The number of ether oxygens (including phenoxy) is 1. The van der Waals surface area contributed by atoms with Gasteiger partial charge >= 0.3 is 6.01 Å². The van der Waals surface area contributed by atoms with E-state index in [0.717, 1.165) is 41.7 Å². The molecule has 48 heavy (non-hydrogen) atoms. The van der Waals surface area contributed by atoms with E-state index < -0.39 is 34.8 Å². The maximum Gasteiger partial charge on any atom is 0.318 e. The number of carbonyl (C=O) groups is 1. The molecule has 0 saturated carbocycles. The van der Waals surface area contributed by atoms with Gasteiger partial charge in [-0.3, -0.25) is 9.69 Å². The Balaban J connectivity index is 1.24. The maximum atomic E-state index is 15.2. The fourth-order valence-corrected chi connectivity index (χ4v) is 8.47. The van der Waals surface area contributed by atoms with Gasteiger partial charge in [-0.1, -0.05) is 36.4 Å². The van der Waals surface area contributed by atoms with Gasteiger partial charge < -0.3 is 24.3 Å². The molecule has 3 atom stereocenters. The average molecular weight is 680 g/mol. The monoisotopic (exact) mass is 679 g/mol. The van der Waals surface area contributed by atoms with E-state index in [1.54, 1.807) is 13.0 Å². The first kappa shape index (κ1) is 32.5. The lowest BCUT2D eigenvalue weighted by atomic mass is 9.90. The first-order chi connectivity index (χ1) is 23.0. The van der Waals surface area contributed by atoms with Gasteiger partial charge in [0.15, 0.2) is 5.83 Å². The number of nitrogens with zero attached hydrogens (tertiary/aromatic N) is 7. The number of alkyl halides is 1. The number of hydrogen-bond acceptors (Lipinski definition) is 7. The Hall–Kier alpha value is -4.08. The van der Waals surface area contributed by atoms with Crippen LogP contribution in [0.5, 0.6) is 6.01 Å². The smallest absolute Gasteiger partial charge is 0.318 e. The Morgan fingerprint density at radius 3 is 2.81 bits per heavy atom. The highest BCUT2D eigenvalue weighted by molar-refractivity contribution is 6.36. The Morgan fingerprint density at radius 1 is 1.19 bits per heavy atom. The summed E-state index contributed by atoms with van der Waals surface area (Å²) in [6, 6.07) is 8.41. The predicted molar refractivity (Wildman–Crippen MR) is 178 cm³/mol. The van der Waals surface area contributed by atoms with Crippen LogP contribution in [0.1, 0.15) is 37.4 Å². The molecule has 3 aromatic rings. The molecular formula is C35H37ClF3N7O2. The summed E-state index contributed by atoms with van der Waals surface area (Å²) in [7, 11) is 0. The number of hydrogen-bond donors (Lipinski definition) is 0. The van der Waals surface area contributed by atoms with Crippen LogP contribution >= 0.6 is 11.6 Å². The molecule has 9 nitrogen and oxygen atoms in total. The molecular weight excluding hydrogens is 643 g/mol.